The Hall–Kier alpha value is -1.94. The highest BCUT2D eigenvalue weighted by Gasteiger charge is 2.02. The van der Waals surface area contributed by atoms with Crippen molar-refractivity contribution in [3.8, 4) is 0 Å². The highest BCUT2D eigenvalue weighted by atomic mass is 32.1. The van der Waals surface area contributed by atoms with Crippen molar-refractivity contribution in [1.29, 1.82) is 0 Å². The van der Waals surface area contributed by atoms with Gasteiger partial charge in [0.15, 0.2) is 5.13 Å². The Balaban J connectivity index is 1.95. The monoisotopic (exact) mass is 227 g/mol. The van der Waals surface area contributed by atoms with Crippen LogP contribution in [0.1, 0.15) is 0 Å². The minimum Gasteiger partial charge on any atom is -0.332 e. The van der Waals surface area contributed by atoms with Gasteiger partial charge in [-0.1, -0.05) is 29.5 Å². The molecule has 0 atom stereocenters. The van der Waals surface area contributed by atoms with Crippen LogP contribution in [0.25, 0.3) is 10.2 Å². The summed E-state index contributed by atoms with van der Waals surface area (Å²) in [5.41, 5.74) is 1.99. The number of thiazole rings is 1. The molecule has 0 bridgehead atoms. The van der Waals surface area contributed by atoms with Crippen LogP contribution in [0.2, 0.25) is 0 Å². The van der Waals surface area contributed by atoms with E-state index in [2.05, 4.69) is 15.3 Å². The molecule has 16 heavy (non-hydrogen) atoms. The lowest BCUT2D eigenvalue weighted by atomic mass is 10.3. The van der Waals surface area contributed by atoms with Crippen molar-refractivity contribution in [1.82, 2.24) is 9.97 Å². The molecule has 4 heteroatoms. The van der Waals surface area contributed by atoms with Gasteiger partial charge < -0.3 is 5.32 Å². The van der Waals surface area contributed by atoms with E-state index in [1.165, 1.54) is 0 Å². The molecule has 3 nitrogen and oxygen atoms in total. The lowest BCUT2D eigenvalue weighted by molar-refractivity contribution is 1.34. The van der Waals surface area contributed by atoms with E-state index >= 15 is 0 Å². The number of anilines is 2. The van der Waals surface area contributed by atoms with Crippen LogP contribution in [0.3, 0.4) is 0 Å². The summed E-state index contributed by atoms with van der Waals surface area (Å²) in [5, 5.41) is 4.17. The van der Waals surface area contributed by atoms with Gasteiger partial charge in [-0.3, -0.25) is 4.98 Å². The molecule has 0 aliphatic heterocycles. The third-order valence-electron chi connectivity index (χ3n) is 2.21. The molecule has 0 saturated carbocycles. The van der Waals surface area contributed by atoms with E-state index in [0.29, 0.717) is 0 Å². The van der Waals surface area contributed by atoms with E-state index in [1.54, 1.807) is 23.7 Å². The summed E-state index contributed by atoms with van der Waals surface area (Å²) in [5.74, 6) is 0. The molecule has 0 saturated heterocycles. The maximum absolute atomic E-state index is 4.45. The summed E-state index contributed by atoms with van der Waals surface area (Å²) in [6, 6.07) is 12.0. The summed E-state index contributed by atoms with van der Waals surface area (Å²) >= 11 is 1.63. The molecular weight excluding hydrogens is 218 g/mol. The summed E-state index contributed by atoms with van der Waals surface area (Å²) in [4.78, 5) is 8.50. The maximum atomic E-state index is 4.45. The molecule has 3 aromatic rings. The van der Waals surface area contributed by atoms with Crippen LogP contribution in [0.15, 0.2) is 48.8 Å². The van der Waals surface area contributed by atoms with Gasteiger partial charge in [0.2, 0.25) is 0 Å². The largest absolute Gasteiger partial charge is 0.332 e. The summed E-state index contributed by atoms with van der Waals surface area (Å²) in [7, 11) is 0. The number of pyridine rings is 1. The Morgan fingerprint density at radius 3 is 2.75 bits per heavy atom. The Labute approximate surface area is 96.8 Å². The fraction of sp³-hybridized carbons (Fsp3) is 0. The molecule has 0 fully saturated rings. The first-order chi connectivity index (χ1) is 7.92. The minimum absolute atomic E-state index is 0.897. The van der Waals surface area contributed by atoms with Gasteiger partial charge in [0, 0.05) is 11.9 Å². The van der Waals surface area contributed by atoms with Gasteiger partial charge in [0.1, 0.15) is 5.52 Å². The van der Waals surface area contributed by atoms with Crippen molar-refractivity contribution in [2.75, 3.05) is 5.32 Å². The van der Waals surface area contributed by atoms with Crippen molar-refractivity contribution < 1.29 is 0 Å². The van der Waals surface area contributed by atoms with Crippen LogP contribution >= 0.6 is 11.3 Å². The Bertz CT molecular complexity index is 571. The van der Waals surface area contributed by atoms with E-state index in [1.807, 2.05) is 36.4 Å². The van der Waals surface area contributed by atoms with Crippen LogP contribution in [0.4, 0.5) is 10.8 Å². The van der Waals surface area contributed by atoms with E-state index in [4.69, 9.17) is 0 Å². The smallest absolute Gasteiger partial charge is 0.188 e. The van der Waals surface area contributed by atoms with Crippen molar-refractivity contribution in [2.45, 2.75) is 0 Å². The van der Waals surface area contributed by atoms with Gasteiger partial charge in [0.05, 0.1) is 10.9 Å². The number of para-hydroxylation sites is 1. The topological polar surface area (TPSA) is 37.8 Å². The number of benzene rings is 1. The number of nitrogens with one attached hydrogen (secondary N) is 1. The average molecular weight is 227 g/mol. The van der Waals surface area contributed by atoms with Crippen LogP contribution < -0.4 is 5.32 Å². The van der Waals surface area contributed by atoms with Gasteiger partial charge in [-0.15, -0.1) is 0 Å². The van der Waals surface area contributed by atoms with E-state index in [0.717, 1.165) is 21.0 Å². The van der Waals surface area contributed by atoms with E-state index < -0.39 is 0 Å². The quantitative estimate of drug-likeness (QED) is 0.728. The van der Waals surface area contributed by atoms with Crippen molar-refractivity contribution in [3.05, 3.63) is 48.8 Å². The van der Waals surface area contributed by atoms with Gasteiger partial charge >= 0.3 is 0 Å². The van der Waals surface area contributed by atoms with Crippen LogP contribution in [0.5, 0.6) is 0 Å². The standard InChI is InChI=1S/C12H9N3S/c1-2-4-9(5-3-1)14-12-15-10-8-13-7-6-11(10)16-12/h1-8H,(H,14,15). The number of hydrogen-bond acceptors (Lipinski definition) is 4. The second-order valence-corrected chi connectivity index (χ2v) is 4.38. The third kappa shape index (κ3) is 1.75. The van der Waals surface area contributed by atoms with E-state index in [-0.39, 0.29) is 0 Å². The zero-order chi connectivity index (χ0) is 10.8. The molecule has 0 aliphatic carbocycles. The Morgan fingerprint density at radius 2 is 1.94 bits per heavy atom. The Morgan fingerprint density at radius 1 is 1.06 bits per heavy atom. The number of aromatic nitrogens is 2. The lowest BCUT2D eigenvalue weighted by Crippen LogP contribution is -1.87. The molecule has 1 aromatic carbocycles. The molecule has 78 valence electrons. The zero-order valence-corrected chi connectivity index (χ0v) is 9.24. The van der Waals surface area contributed by atoms with Gasteiger partial charge in [-0.05, 0) is 18.2 Å². The molecule has 3 rings (SSSR count). The highest BCUT2D eigenvalue weighted by molar-refractivity contribution is 7.22. The zero-order valence-electron chi connectivity index (χ0n) is 8.42. The Kier molecular flexibility index (Phi) is 2.27. The second-order valence-electron chi connectivity index (χ2n) is 3.35. The maximum Gasteiger partial charge on any atom is 0.188 e. The first-order valence-electron chi connectivity index (χ1n) is 4.94. The average Bonchev–Trinajstić information content (AvgIpc) is 2.72. The first-order valence-corrected chi connectivity index (χ1v) is 5.76. The predicted molar refractivity (Wildman–Crippen MR) is 67.1 cm³/mol. The second kappa shape index (κ2) is 3.90. The normalized spacial score (nSPS) is 10.5. The molecular formula is C12H9N3S. The lowest BCUT2D eigenvalue weighted by Gasteiger charge is -1.99. The molecule has 0 unspecified atom stereocenters. The summed E-state index contributed by atoms with van der Waals surface area (Å²) < 4.78 is 1.15. The fourth-order valence-corrected chi connectivity index (χ4v) is 2.33. The molecule has 0 radical (unpaired) electrons. The first kappa shape index (κ1) is 9.30. The summed E-state index contributed by atoms with van der Waals surface area (Å²) in [6.07, 6.45) is 3.56. The highest BCUT2D eigenvalue weighted by Crippen LogP contribution is 2.27. The third-order valence-corrected chi connectivity index (χ3v) is 3.17. The molecule has 0 spiro atoms. The van der Waals surface area contributed by atoms with Crippen molar-refractivity contribution in [2.24, 2.45) is 0 Å². The SMILES string of the molecule is c1ccc(Nc2nc3cnccc3s2)cc1. The van der Waals surface area contributed by atoms with Crippen molar-refractivity contribution in [3.63, 3.8) is 0 Å². The minimum atomic E-state index is 0.897. The number of nitrogens with zero attached hydrogens (tertiary/aromatic N) is 2. The van der Waals surface area contributed by atoms with Gasteiger partial charge in [0.25, 0.3) is 0 Å². The molecule has 0 aliphatic rings. The van der Waals surface area contributed by atoms with Crippen molar-refractivity contribution >= 4 is 32.4 Å². The van der Waals surface area contributed by atoms with Gasteiger partial charge in [-0.25, -0.2) is 4.98 Å². The number of fused-ring (bicyclic) bond motifs is 1. The molecule has 1 N–H and O–H groups in total. The predicted octanol–water partition coefficient (Wildman–Crippen LogP) is 3.43. The molecule has 2 aromatic heterocycles. The summed E-state index contributed by atoms with van der Waals surface area (Å²) in [6.45, 7) is 0. The fourth-order valence-electron chi connectivity index (χ4n) is 1.48. The molecule has 2 heterocycles. The van der Waals surface area contributed by atoms with Gasteiger partial charge in [-0.2, -0.15) is 0 Å². The molecule has 0 amide bonds. The van der Waals surface area contributed by atoms with Crippen LogP contribution in [-0.2, 0) is 0 Å². The van der Waals surface area contributed by atoms with Crippen LogP contribution in [0, 0.1) is 0 Å². The van der Waals surface area contributed by atoms with E-state index in [9.17, 15) is 0 Å². The van der Waals surface area contributed by atoms with Crippen LogP contribution in [-0.4, -0.2) is 9.97 Å². The number of rotatable bonds is 2. The number of hydrogen-bond donors (Lipinski definition) is 1.